The first-order valence-electron chi connectivity index (χ1n) is 7.65. The molecule has 24 heavy (non-hydrogen) atoms. The third kappa shape index (κ3) is 5.23. The average molecular weight is 334 g/mol. The number of hydrogen-bond donors (Lipinski definition) is 3. The first kappa shape index (κ1) is 18.3. The van der Waals surface area contributed by atoms with Gasteiger partial charge >= 0.3 is 0 Å². The van der Waals surface area contributed by atoms with Crippen LogP contribution in [-0.2, 0) is 11.3 Å². The predicted octanol–water partition coefficient (Wildman–Crippen LogP) is 2.64. The van der Waals surface area contributed by atoms with Crippen LogP contribution in [0, 0.1) is 0 Å². The van der Waals surface area contributed by atoms with E-state index in [0.29, 0.717) is 36.7 Å². The summed E-state index contributed by atoms with van der Waals surface area (Å²) in [6.45, 7) is 0.116. The molecule has 0 bridgehead atoms. The molecule has 2 heterocycles. The van der Waals surface area contributed by atoms with E-state index in [9.17, 15) is 10.2 Å². The molecule has 0 spiro atoms. The molecule has 0 amide bonds. The summed E-state index contributed by atoms with van der Waals surface area (Å²) in [6.07, 6.45) is 2.21. The Morgan fingerprint density at radius 1 is 1.25 bits per heavy atom. The second-order valence-electron chi connectivity index (χ2n) is 5.33. The van der Waals surface area contributed by atoms with Crippen LogP contribution in [0.3, 0.4) is 0 Å². The van der Waals surface area contributed by atoms with Crippen molar-refractivity contribution in [2.24, 2.45) is 0 Å². The van der Waals surface area contributed by atoms with Crippen LogP contribution in [0.15, 0.2) is 56.7 Å². The highest BCUT2D eigenvalue weighted by atomic mass is 16.5. The summed E-state index contributed by atoms with van der Waals surface area (Å²) in [5.41, 5.74) is 3.80. The average Bonchev–Trinajstić information content (AvgIpc) is 3.26. The molecule has 0 aliphatic carbocycles. The predicted molar refractivity (Wildman–Crippen MR) is 86.0 cm³/mol. The first-order valence-corrected chi connectivity index (χ1v) is 7.65. The van der Waals surface area contributed by atoms with Crippen molar-refractivity contribution >= 4 is 0 Å². The van der Waals surface area contributed by atoms with Gasteiger partial charge in [-0.3, -0.25) is 0 Å². The lowest BCUT2D eigenvalue weighted by Gasteiger charge is -2.09. The van der Waals surface area contributed by atoms with E-state index in [1.54, 1.807) is 37.5 Å². The van der Waals surface area contributed by atoms with Crippen molar-refractivity contribution < 1.29 is 28.9 Å². The topological polar surface area (TPSA) is 96.2 Å². The van der Waals surface area contributed by atoms with E-state index < -0.39 is 12.2 Å². The Morgan fingerprint density at radius 2 is 2.08 bits per heavy atom. The summed E-state index contributed by atoms with van der Waals surface area (Å²) in [4.78, 5) is 0. The maximum atomic E-state index is 10.1. The zero-order valence-corrected chi connectivity index (χ0v) is 13.5. The van der Waals surface area contributed by atoms with E-state index in [0.717, 1.165) is 5.57 Å². The van der Waals surface area contributed by atoms with E-state index in [4.69, 9.17) is 18.7 Å². The van der Waals surface area contributed by atoms with Crippen LogP contribution in [0.5, 0.6) is 0 Å². The van der Waals surface area contributed by atoms with Crippen LogP contribution in [0.2, 0.25) is 0 Å². The van der Waals surface area contributed by atoms with Crippen molar-refractivity contribution in [2.45, 2.75) is 31.7 Å². The van der Waals surface area contributed by atoms with Gasteiger partial charge in [0.1, 0.15) is 36.1 Å². The minimum atomic E-state index is -0.823. The molecule has 2 atom stereocenters. The third-order valence-electron chi connectivity index (χ3n) is 3.44. The second kappa shape index (κ2) is 9.27. The van der Waals surface area contributed by atoms with Gasteiger partial charge in [0.25, 0.3) is 0 Å². The summed E-state index contributed by atoms with van der Waals surface area (Å²) in [6, 6.07) is 6.67. The molecule has 3 N–H and O–H groups in total. The van der Waals surface area contributed by atoms with E-state index in [2.05, 4.69) is 5.73 Å². The van der Waals surface area contributed by atoms with Crippen LogP contribution in [0.4, 0.5) is 0 Å². The molecule has 0 aliphatic rings. The van der Waals surface area contributed by atoms with Gasteiger partial charge in [0.05, 0.1) is 12.9 Å². The number of rotatable bonds is 9. The molecule has 2 aromatic heterocycles. The number of aliphatic hydroxyl groups excluding tert-OH is 3. The van der Waals surface area contributed by atoms with Crippen LogP contribution in [-0.4, -0.2) is 29.0 Å². The summed E-state index contributed by atoms with van der Waals surface area (Å²) in [5.74, 6) is 1.28. The summed E-state index contributed by atoms with van der Waals surface area (Å²) in [7, 11) is 1.56. The van der Waals surface area contributed by atoms with Crippen LogP contribution in [0.25, 0.3) is 0 Å². The molecule has 130 valence electrons. The van der Waals surface area contributed by atoms with E-state index in [1.807, 2.05) is 0 Å². The fourth-order valence-electron chi connectivity index (χ4n) is 2.24. The van der Waals surface area contributed by atoms with Gasteiger partial charge in [-0.15, -0.1) is 5.73 Å². The van der Waals surface area contributed by atoms with E-state index >= 15 is 0 Å². The first-order chi connectivity index (χ1) is 11.6. The van der Waals surface area contributed by atoms with Crippen molar-refractivity contribution in [1.29, 1.82) is 0 Å². The van der Waals surface area contributed by atoms with Gasteiger partial charge in [-0.05, 0) is 30.3 Å². The summed E-state index contributed by atoms with van der Waals surface area (Å²) >= 11 is 0. The van der Waals surface area contributed by atoms with Gasteiger partial charge in [0.15, 0.2) is 0 Å². The zero-order chi connectivity index (χ0) is 17.4. The molecular formula is C18H22O6. The monoisotopic (exact) mass is 334 g/mol. The van der Waals surface area contributed by atoms with Gasteiger partial charge < -0.3 is 28.9 Å². The molecule has 0 unspecified atom stereocenters. The highest BCUT2D eigenvalue weighted by Crippen LogP contribution is 2.22. The van der Waals surface area contributed by atoms with E-state index in [-0.39, 0.29) is 6.61 Å². The van der Waals surface area contributed by atoms with Crippen molar-refractivity contribution in [3.63, 3.8) is 0 Å². The molecule has 2 aromatic rings. The number of methoxy groups -OCH3 is 1. The number of ether oxygens (including phenoxy) is 1. The Hall–Kier alpha value is -2.08. The molecule has 0 aliphatic heterocycles. The maximum absolute atomic E-state index is 10.1. The van der Waals surface area contributed by atoms with Gasteiger partial charge in [-0.25, -0.2) is 0 Å². The van der Waals surface area contributed by atoms with Gasteiger partial charge in [-0.1, -0.05) is 0 Å². The van der Waals surface area contributed by atoms with Gasteiger partial charge in [0, 0.05) is 25.5 Å². The summed E-state index contributed by atoms with van der Waals surface area (Å²) in [5, 5.41) is 29.1. The Kier molecular flexibility index (Phi) is 7.06. The minimum Gasteiger partial charge on any atom is -0.467 e. The van der Waals surface area contributed by atoms with Crippen LogP contribution in [0.1, 0.15) is 42.3 Å². The van der Waals surface area contributed by atoms with Crippen molar-refractivity contribution in [3.05, 3.63) is 65.2 Å². The minimum absolute atomic E-state index is 0.203. The fourth-order valence-corrected chi connectivity index (χ4v) is 2.24. The maximum Gasteiger partial charge on any atom is 0.133 e. The Labute approximate surface area is 140 Å². The lowest BCUT2D eigenvalue weighted by molar-refractivity contribution is 0.140. The SMILES string of the molecule is COCC(=C=CC[C@@H](O)c1ccc(CO)o1)C[C@@H](O)c1ccco1. The van der Waals surface area contributed by atoms with Crippen LogP contribution < -0.4 is 0 Å². The highest BCUT2D eigenvalue weighted by Gasteiger charge is 2.13. The van der Waals surface area contributed by atoms with Crippen molar-refractivity contribution in [1.82, 2.24) is 0 Å². The molecule has 2 rings (SSSR count). The molecule has 6 heteroatoms. The molecule has 6 nitrogen and oxygen atoms in total. The standard InChI is InChI=1S/C18H22O6/c1-22-12-13(10-16(21)17-6-3-9-23-17)4-2-5-15(20)18-8-7-14(11-19)24-18/h2-3,6-9,15-16,19-21H,5,10-12H2,1H3/t4?,15-,16-/m1/s1. The highest BCUT2D eigenvalue weighted by molar-refractivity contribution is 5.12. The third-order valence-corrected chi connectivity index (χ3v) is 3.44. The molecule has 0 saturated heterocycles. The fraction of sp³-hybridized carbons (Fsp3) is 0.389. The van der Waals surface area contributed by atoms with Gasteiger partial charge in [-0.2, -0.15) is 0 Å². The molecule has 0 radical (unpaired) electrons. The Morgan fingerprint density at radius 3 is 2.71 bits per heavy atom. The summed E-state index contributed by atoms with van der Waals surface area (Å²) < 4.78 is 15.6. The largest absolute Gasteiger partial charge is 0.467 e. The second-order valence-corrected chi connectivity index (χ2v) is 5.33. The lowest BCUT2D eigenvalue weighted by Crippen LogP contribution is -2.02. The Balaban J connectivity index is 1.99. The number of hydrogen-bond acceptors (Lipinski definition) is 6. The molecule has 0 aromatic carbocycles. The van der Waals surface area contributed by atoms with E-state index in [1.165, 1.54) is 6.26 Å². The van der Waals surface area contributed by atoms with Gasteiger partial charge in [0.2, 0.25) is 0 Å². The molecule has 0 fully saturated rings. The number of aliphatic hydroxyl groups is 3. The zero-order valence-electron chi connectivity index (χ0n) is 13.5. The Bertz CT molecular complexity index is 664. The molecule has 0 saturated carbocycles. The normalized spacial score (nSPS) is 13.3. The molecular weight excluding hydrogens is 312 g/mol. The van der Waals surface area contributed by atoms with Crippen molar-refractivity contribution in [2.75, 3.05) is 13.7 Å². The number of furan rings is 2. The lowest BCUT2D eigenvalue weighted by atomic mass is 10.1. The smallest absolute Gasteiger partial charge is 0.133 e. The van der Waals surface area contributed by atoms with Crippen LogP contribution >= 0.6 is 0 Å². The van der Waals surface area contributed by atoms with Crippen molar-refractivity contribution in [3.8, 4) is 0 Å². The quantitative estimate of drug-likeness (QED) is 0.610.